The molecule has 0 atom stereocenters. The molecule has 0 aliphatic carbocycles. The summed E-state index contributed by atoms with van der Waals surface area (Å²) in [6.07, 6.45) is 4.47. The molecule has 1 aromatic rings. The lowest BCUT2D eigenvalue weighted by atomic mass is 10.1. The zero-order chi connectivity index (χ0) is 17.4. The molecule has 7 heteroatoms. The molecule has 130 valence electrons. The van der Waals surface area contributed by atoms with Crippen LogP contribution in [0, 0.1) is 0 Å². The molecular formula is C17H24N4O3. The van der Waals surface area contributed by atoms with Crippen LogP contribution < -0.4 is 16.0 Å². The number of anilines is 2. The fourth-order valence-corrected chi connectivity index (χ4v) is 2.69. The number of hydrogen-bond donors (Lipinski definition) is 2. The van der Waals surface area contributed by atoms with Crippen molar-refractivity contribution < 1.29 is 14.4 Å². The first kappa shape index (κ1) is 17.9. The number of nitrogens with two attached hydrogens (primary N) is 1. The highest BCUT2D eigenvalue weighted by atomic mass is 16.2. The molecular weight excluding hydrogens is 308 g/mol. The second-order valence-electron chi connectivity index (χ2n) is 5.79. The summed E-state index contributed by atoms with van der Waals surface area (Å²) in [5, 5.41) is 2.52. The highest BCUT2D eigenvalue weighted by molar-refractivity contribution is 6.41. The summed E-state index contributed by atoms with van der Waals surface area (Å²) in [6.45, 7) is 2.57. The molecule has 0 bridgehead atoms. The van der Waals surface area contributed by atoms with Crippen molar-refractivity contribution in [3.63, 3.8) is 0 Å². The van der Waals surface area contributed by atoms with Gasteiger partial charge in [-0.1, -0.05) is 0 Å². The van der Waals surface area contributed by atoms with E-state index < -0.39 is 11.8 Å². The molecule has 0 radical (unpaired) electrons. The van der Waals surface area contributed by atoms with E-state index in [1.807, 2.05) is 12.1 Å². The van der Waals surface area contributed by atoms with Gasteiger partial charge in [0.05, 0.1) is 0 Å². The molecule has 3 N–H and O–H groups in total. The fourth-order valence-electron chi connectivity index (χ4n) is 2.69. The molecule has 0 aromatic heterocycles. The Balaban J connectivity index is 1.93. The van der Waals surface area contributed by atoms with Gasteiger partial charge in [0.25, 0.3) is 0 Å². The lowest BCUT2D eigenvalue weighted by Crippen LogP contribution is -2.39. The Morgan fingerprint density at radius 2 is 1.83 bits per heavy atom. The first-order valence-electron chi connectivity index (χ1n) is 8.28. The molecule has 24 heavy (non-hydrogen) atoms. The number of hydrogen-bond acceptors (Lipinski definition) is 5. The van der Waals surface area contributed by atoms with Crippen LogP contribution >= 0.6 is 0 Å². The standard InChI is InChI=1S/C17H24N4O3/c18-9-4-12-21(13-22)17(24)16(23)19-14-5-7-15(8-6-14)20-10-2-1-3-11-20/h5-8,13H,1-4,9-12,18H2,(H,19,23). The van der Waals surface area contributed by atoms with Crippen molar-refractivity contribution >= 4 is 29.6 Å². The highest BCUT2D eigenvalue weighted by Crippen LogP contribution is 2.21. The number of rotatable bonds is 6. The number of carbonyl (C=O) groups excluding carboxylic acids is 3. The molecule has 0 unspecified atom stereocenters. The van der Waals surface area contributed by atoms with Crippen LogP contribution in [-0.2, 0) is 14.4 Å². The number of amides is 3. The topological polar surface area (TPSA) is 95.7 Å². The van der Waals surface area contributed by atoms with Crippen molar-refractivity contribution in [1.29, 1.82) is 0 Å². The van der Waals surface area contributed by atoms with Gasteiger partial charge in [-0.25, -0.2) is 0 Å². The van der Waals surface area contributed by atoms with Gasteiger partial charge >= 0.3 is 11.8 Å². The number of benzene rings is 1. The summed E-state index contributed by atoms with van der Waals surface area (Å²) in [4.78, 5) is 37.9. The second-order valence-corrected chi connectivity index (χ2v) is 5.79. The Morgan fingerprint density at radius 1 is 1.17 bits per heavy atom. The average molecular weight is 332 g/mol. The van der Waals surface area contributed by atoms with Crippen molar-refractivity contribution in [3.05, 3.63) is 24.3 Å². The van der Waals surface area contributed by atoms with Gasteiger partial charge in [-0.2, -0.15) is 0 Å². The third kappa shape index (κ3) is 4.79. The minimum atomic E-state index is -0.876. The lowest BCUT2D eigenvalue weighted by molar-refractivity contribution is -0.146. The van der Waals surface area contributed by atoms with Crippen LogP contribution in [0.2, 0.25) is 0 Å². The van der Waals surface area contributed by atoms with Crippen LogP contribution in [0.15, 0.2) is 24.3 Å². The Hall–Kier alpha value is -2.41. The summed E-state index contributed by atoms with van der Waals surface area (Å²) in [7, 11) is 0. The van der Waals surface area contributed by atoms with Gasteiger partial charge in [0, 0.05) is 31.0 Å². The quantitative estimate of drug-likeness (QED) is 0.597. The molecule has 1 fully saturated rings. The summed E-state index contributed by atoms with van der Waals surface area (Å²) >= 11 is 0. The van der Waals surface area contributed by atoms with Crippen LogP contribution in [0.3, 0.4) is 0 Å². The summed E-state index contributed by atoms with van der Waals surface area (Å²) < 4.78 is 0. The monoisotopic (exact) mass is 332 g/mol. The Morgan fingerprint density at radius 3 is 2.42 bits per heavy atom. The molecule has 1 saturated heterocycles. The third-order valence-corrected chi connectivity index (χ3v) is 4.03. The van der Waals surface area contributed by atoms with E-state index in [-0.39, 0.29) is 6.54 Å². The first-order chi connectivity index (χ1) is 11.7. The minimum absolute atomic E-state index is 0.139. The number of piperidine rings is 1. The molecule has 1 aliphatic rings. The van der Waals surface area contributed by atoms with Crippen LogP contribution in [0.5, 0.6) is 0 Å². The Labute approximate surface area is 141 Å². The van der Waals surface area contributed by atoms with E-state index in [1.165, 1.54) is 19.3 Å². The maximum Gasteiger partial charge on any atom is 0.318 e. The van der Waals surface area contributed by atoms with Crippen molar-refractivity contribution in [3.8, 4) is 0 Å². The molecule has 7 nitrogen and oxygen atoms in total. The normalized spacial score (nSPS) is 14.1. The SMILES string of the molecule is NCCCN(C=O)C(=O)C(=O)Nc1ccc(N2CCCCC2)cc1. The van der Waals surface area contributed by atoms with Gasteiger partial charge in [-0.15, -0.1) is 0 Å². The molecule has 3 amide bonds. The molecule has 0 spiro atoms. The Bertz CT molecular complexity index is 568. The van der Waals surface area contributed by atoms with E-state index in [1.54, 1.807) is 12.1 Å². The van der Waals surface area contributed by atoms with Crippen molar-refractivity contribution in [2.45, 2.75) is 25.7 Å². The maximum absolute atomic E-state index is 12.0. The molecule has 0 saturated carbocycles. The molecule has 1 aliphatic heterocycles. The van der Waals surface area contributed by atoms with Crippen LogP contribution in [-0.4, -0.2) is 49.3 Å². The van der Waals surface area contributed by atoms with Crippen LogP contribution in [0.25, 0.3) is 0 Å². The molecule has 1 heterocycles. The van der Waals surface area contributed by atoms with E-state index >= 15 is 0 Å². The van der Waals surface area contributed by atoms with E-state index in [0.29, 0.717) is 25.1 Å². The van der Waals surface area contributed by atoms with Crippen LogP contribution in [0.4, 0.5) is 11.4 Å². The van der Waals surface area contributed by atoms with E-state index in [4.69, 9.17) is 5.73 Å². The highest BCUT2D eigenvalue weighted by Gasteiger charge is 2.21. The van der Waals surface area contributed by atoms with Gasteiger partial charge in [-0.05, 0) is 56.5 Å². The van der Waals surface area contributed by atoms with Crippen molar-refractivity contribution in [2.75, 3.05) is 36.4 Å². The minimum Gasteiger partial charge on any atom is -0.372 e. The first-order valence-corrected chi connectivity index (χ1v) is 8.28. The summed E-state index contributed by atoms with van der Waals surface area (Å²) in [5.41, 5.74) is 6.98. The largest absolute Gasteiger partial charge is 0.372 e. The van der Waals surface area contributed by atoms with Crippen LogP contribution in [0.1, 0.15) is 25.7 Å². The summed E-state index contributed by atoms with van der Waals surface area (Å²) in [6, 6.07) is 7.38. The van der Waals surface area contributed by atoms with Crippen molar-refractivity contribution in [2.24, 2.45) is 5.73 Å². The number of imide groups is 1. The predicted octanol–water partition coefficient (Wildman–Crippen LogP) is 0.949. The third-order valence-electron chi connectivity index (χ3n) is 4.03. The van der Waals surface area contributed by atoms with Gasteiger partial charge < -0.3 is 16.0 Å². The zero-order valence-corrected chi connectivity index (χ0v) is 13.7. The Kier molecular flexibility index (Phi) is 6.74. The number of nitrogens with one attached hydrogen (secondary N) is 1. The van der Waals surface area contributed by atoms with Gasteiger partial charge in [0.2, 0.25) is 6.41 Å². The van der Waals surface area contributed by atoms with E-state index in [2.05, 4.69) is 10.2 Å². The second kappa shape index (κ2) is 9.02. The smallest absolute Gasteiger partial charge is 0.318 e. The molecule has 1 aromatic carbocycles. The van der Waals surface area contributed by atoms with Gasteiger partial charge in [0.1, 0.15) is 0 Å². The van der Waals surface area contributed by atoms with E-state index in [0.717, 1.165) is 23.7 Å². The lowest BCUT2D eigenvalue weighted by Gasteiger charge is -2.28. The number of nitrogens with zero attached hydrogens (tertiary/aromatic N) is 2. The maximum atomic E-state index is 12.0. The number of carbonyl (C=O) groups is 3. The predicted molar refractivity (Wildman–Crippen MR) is 92.6 cm³/mol. The summed E-state index contributed by atoms with van der Waals surface area (Å²) in [5.74, 6) is -1.71. The average Bonchev–Trinajstić information content (AvgIpc) is 2.63. The van der Waals surface area contributed by atoms with Gasteiger partial charge in [-0.3, -0.25) is 19.3 Å². The van der Waals surface area contributed by atoms with Gasteiger partial charge in [0.15, 0.2) is 0 Å². The fraction of sp³-hybridized carbons (Fsp3) is 0.471. The zero-order valence-electron chi connectivity index (χ0n) is 13.7. The molecule has 2 rings (SSSR count). The van der Waals surface area contributed by atoms with Crippen molar-refractivity contribution in [1.82, 2.24) is 4.90 Å². The van der Waals surface area contributed by atoms with E-state index in [9.17, 15) is 14.4 Å².